The summed E-state index contributed by atoms with van der Waals surface area (Å²) < 4.78 is 15.9. The van der Waals surface area contributed by atoms with Crippen LogP contribution in [-0.2, 0) is 11.2 Å². The van der Waals surface area contributed by atoms with E-state index in [9.17, 15) is 9.59 Å². The maximum atomic E-state index is 12.6. The number of para-hydroxylation sites is 1. The van der Waals surface area contributed by atoms with E-state index in [-0.39, 0.29) is 18.2 Å². The van der Waals surface area contributed by atoms with Gasteiger partial charge in [0.1, 0.15) is 0 Å². The molecule has 28 heavy (non-hydrogen) atoms. The number of nitrogens with one attached hydrogen (secondary N) is 2. The summed E-state index contributed by atoms with van der Waals surface area (Å²) in [4.78, 5) is 24.9. The van der Waals surface area contributed by atoms with Crippen LogP contribution in [0.3, 0.4) is 0 Å². The summed E-state index contributed by atoms with van der Waals surface area (Å²) >= 11 is 0. The number of amides is 2. The number of ether oxygens (including phenoxy) is 3. The Kier molecular flexibility index (Phi) is 7.68. The number of benzene rings is 2. The van der Waals surface area contributed by atoms with E-state index in [1.54, 1.807) is 36.4 Å². The molecule has 2 aromatic carbocycles. The lowest BCUT2D eigenvalue weighted by Crippen LogP contribution is -2.26. The zero-order valence-electron chi connectivity index (χ0n) is 16.6. The molecule has 2 amide bonds. The molecule has 0 aliphatic carbocycles. The van der Waals surface area contributed by atoms with Gasteiger partial charge in [0.15, 0.2) is 11.5 Å². The summed E-state index contributed by atoms with van der Waals surface area (Å²) in [6.45, 7) is 2.55. The van der Waals surface area contributed by atoms with Crippen LogP contribution in [0.1, 0.15) is 29.3 Å². The molecule has 0 spiro atoms. The number of rotatable bonds is 9. The molecule has 0 saturated carbocycles. The molecule has 0 radical (unpaired) electrons. The number of carbonyl (C=O) groups excluding carboxylic acids is 2. The van der Waals surface area contributed by atoms with E-state index in [1.165, 1.54) is 21.3 Å². The second-order valence-electron chi connectivity index (χ2n) is 6.06. The number of hydrogen-bond donors (Lipinski definition) is 2. The molecule has 7 heteroatoms. The van der Waals surface area contributed by atoms with Gasteiger partial charge in [-0.2, -0.15) is 0 Å². The third-order valence-electron chi connectivity index (χ3n) is 4.07. The minimum Gasteiger partial charge on any atom is -0.493 e. The number of carbonyl (C=O) groups is 2. The predicted octanol–water partition coefficient (Wildman–Crippen LogP) is 3.03. The van der Waals surface area contributed by atoms with E-state index in [4.69, 9.17) is 14.2 Å². The van der Waals surface area contributed by atoms with Gasteiger partial charge in [-0.15, -0.1) is 0 Å². The van der Waals surface area contributed by atoms with Crippen LogP contribution in [-0.4, -0.2) is 39.7 Å². The monoisotopic (exact) mass is 386 g/mol. The van der Waals surface area contributed by atoms with Crippen molar-refractivity contribution >= 4 is 17.5 Å². The van der Waals surface area contributed by atoms with Crippen LogP contribution in [0.15, 0.2) is 36.4 Å². The van der Waals surface area contributed by atoms with Crippen molar-refractivity contribution in [3.63, 3.8) is 0 Å². The van der Waals surface area contributed by atoms with Crippen molar-refractivity contribution in [3.8, 4) is 17.2 Å². The lowest BCUT2D eigenvalue weighted by atomic mass is 10.1. The summed E-state index contributed by atoms with van der Waals surface area (Å²) in [5.41, 5.74) is 1.59. The van der Waals surface area contributed by atoms with E-state index < -0.39 is 0 Å². The summed E-state index contributed by atoms with van der Waals surface area (Å²) in [7, 11) is 4.56. The average molecular weight is 386 g/mol. The largest absolute Gasteiger partial charge is 0.493 e. The van der Waals surface area contributed by atoms with Gasteiger partial charge >= 0.3 is 0 Å². The Bertz CT molecular complexity index is 810. The highest BCUT2D eigenvalue weighted by Crippen LogP contribution is 2.38. The molecule has 0 aromatic heterocycles. The molecule has 0 unspecified atom stereocenters. The lowest BCUT2D eigenvalue weighted by Gasteiger charge is -2.15. The van der Waals surface area contributed by atoms with Crippen LogP contribution in [0.4, 0.5) is 5.69 Å². The van der Waals surface area contributed by atoms with Crippen molar-refractivity contribution in [1.82, 2.24) is 5.32 Å². The highest BCUT2D eigenvalue weighted by Gasteiger charge is 2.16. The molecule has 7 nitrogen and oxygen atoms in total. The predicted molar refractivity (Wildman–Crippen MR) is 107 cm³/mol. The molecule has 0 saturated heterocycles. The quantitative estimate of drug-likeness (QED) is 0.692. The standard InChI is InChI=1S/C21H26N2O5/c1-5-10-22-21(25)15-8-6-7-9-16(15)23-19(24)13-14-11-17(26-2)20(28-4)18(12-14)27-3/h6-9,11-12H,5,10,13H2,1-4H3,(H,22,25)(H,23,24). The second kappa shape index (κ2) is 10.2. The maximum absolute atomic E-state index is 12.6. The molecule has 2 rings (SSSR count). The minimum atomic E-state index is -0.259. The molecular weight excluding hydrogens is 360 g/mol. The fourth-order valence-electron chi connectivity index (χ4n) is 2.74. The maximum Gasteiger partial charge on any atom is 0.253 e. The molecule has 0 bridgehead atoms. The van der Waals surface area contributed by atoms with Gasteiger partial charge in [0.25, 0.3) is 5.91 Å². The van der Waals surface area contributed by atoms with E-state index in [1.807, 2.05) is 6.92 Å². The lowest BCUT2D eigenvalue weighted by molar-refractivity contribution is -0.115. The van der Waals surface area contributed by atoms with Gasteiger partial charge in [0, 0.05) is 6.54 Å². The Morgan fingerprint density at radius 2 is 1.61 bits per heavy atom. The van der Waals surface area contributed by atoms with Crippen LogP contribution < -0.4 is 24.8 Å². The van der Waals surface area contributed by atoms with Crippen molar-refractivity contribution in [2.45, 2.75) is 19.8 Å². The molecule has 2 N–H and O–H groups in total. The zero-order valence-corrected chi connectivity index (χ0v) is 16.6. The van der Waals surface area contributed by atoms with E-state index in [0.717, 1.165) is 6.42 Å². The Hall–Kier alpha value is -3.22. The highest BCUT2D eigenvalue weighted by molar-refractivity contribution is 6.04. The van der Waals surface area contributed by atoms with Crippen molar-refractivity contribution in [2.24, 2.45) is 0 Å². The van der Waals surface area contributed by atoms with Gasteiger partial charge in [-0.1, -0.05) is 19.1 Å². The molecule has 0 aliphatic rings. The first-order valence-electron chi connectivity index (χ1n) is 9.00. The van der Waals surface area contributed by atoms with Crippen LogP contribution >= 0.6 is 0 Å². The fourth-order valence-corrected chi connectivity index (χ4v) is 2.74. The molecule has 150 valence electrons. The highest BCUT2D eigenvalue weighted by atomic mass is 16.5. The molecule has 0 aliphatic heterocycles. The number of anilines is 1. The molecule has 0 fully saturated rings. The van der Waals surface area contributed by atoms with E-state index >= 15 is 0 Å². The first-order valence-corrected chi connectivity index (χ1v) is 9.00. The third kappa shape index (κ3) is 5.16. The Balaban J connectivity index is 2.18. The van der Waals surface area contributed by atoms with Crippen molar-refractivity contribution in [1.29, 1.82) is 0 Å². The van der Waals surface area contributed by atoms with Gasteiger partial charge in [0.2, 0.25) is 11.7 Å². The summed E-state index contributed by atoms with van der Waals surface area (Å²) in [5.74, 6) is 0.940. The van der Waals surface area contributed by atoms with E-state index in [0.29, 0.717) is 40.6 Å². The van der Waals surface area contributed by atoms with Crippen molar-refractivity contribution in [3.05, 3.63) is 47.5 Å². The molecular formula is C21H26N2O5. The zero-order chi connectivity index (χ0) is 20.5. The van der Waals surface area contributed by atoms with Crippen LogP contribution in [0.5, 0.6) is 17.2 Å². The van der Waals surface area contributed by atoms with Gasteiger partial charge in [-0.3, -0.25) is 9.59 Å². The van der Waals surface area contributed by atoms with Crippen LogP contribution in [0.25, 0.3) is 0 Å². The molecule has 2 aromatic rings. The number of hydrogen-bond acceptors (Lipinski definition) is 5. The van der Waals surface area contributed by atoms with Crippen molar-refractivity contribution < 1.29 is 23.8 Å². The normalized spacial score (nSPS) is 10.1. The second-order valence-corrected chi connectivity index (χ2v) is 6.06. The van der Waals surface area contributed by atoms with Gasteiger partial charge < -0.3 is 24.8 Å². The van der Waals surface area contributed by atoms with Crippen molar-refractivity contribution in [2.75, 3.05) is 33.2 Å². The fraction of sp³-hybridized carbons (Fsp3) is 0.333. The molecule has 0 atom stereocenters. The Labute approximate surface area is 165 Å². The Morgan fingerprint density at radius 1 is 0.964 bits per heavy atom. The first kappa shape index (κ1) is 21.1. The minimum absolute atomic E-state index is 0.0849. The smallest absolute Gasteiger partial charge is 0.253 e. The first-order chi connectivity index (χ1) is 13.5. The summed E-state index contributed by atoms with van der Waals surface area (Å²) in [6.07, 6.45) is 0.920. The van der Waals surface area contributed by atoms with Gasteiger partial charge in [0.05, 0.1) is 39.0 Å². The number of methoxy groups -OCH3 is 3. The third-order valence-corrected chi connectivity index (χ3v) is 4.07. The average Bonchev–Trinajstić information content (AvgIpc) is 2.71. The van der Waals surface area contributed by atoms with Crippen LogP contribution in [0, 0.1) is 0 Å². The molecule has 0 heterocycles. The topological polar surface area (TPSA) is 85.9 Å². The SMILES string of the molecule is CCCNC(=O)c1ccccc1NC(=O)Cc1cc(OC)c(OC)c(OC)c1. The Morgan fingerprint density at radius 3 is 2.18 bits per heavy atom. The van der Waals surface area contributed by atoms with Gasteiger partial charge in [-0.25, -0.2) is 0 Å². The summed E-state index contributed by atoms with van der Waals surface area (Å²) in [5, 5.41) is 5.62. The van der Waals surface area contributed by atoms with Crippen LogP contribution in [0.2, 0.25) is 0 Å². The van der Waals surface area contributed by atoms with E-state index in [2.05, 4.69) is 10.6 Å². The summed E-state index contributed by atoms with van der Waals surface area (Å²) in [6, 6.07) is 10.4. The van der Waals surface area contributed by atoms with Gasteiger partial charge in [-0.05, 0) is 36.2 Å².